The Morgan fingerprint density at radius 2 is 1.70 bits per heavy atom. The lowest BCUT2D eigenvalue weighted by molar-refractivity contribution is 0.428. The molecule has 2 heterocycles. The summed E-state index contributed by atoms with van der Waals surface area (Å²) in [6.07, 6.45) is 3.19. The van der Waals surface area contributed by atoms with E-state index in [1.807, 2.05) is 66.9 Å². The summed E-state index contributed by atoms with van der Waals surface area (Å²) >= 11 is 0. The van der Waals surface area contributed by atoms with Crippen molar-refractivity contribution >= 4 is 10.0 Å². The summed E-state index contributed by atoms with van der Waals surface area (Å²) in [5.74, 6) is 0.135. The van der Waals surface area contributed by atoms with Gasteiger partial charge in [0.15, 0.2) is 0 Å². The third-order valence-corrected chi connectivity index (χ3v) is 6.80. The van der Waals surface area contributed by atoms with Crippen molar-refractivity contribution in [3.8, 4) is 11.3 Å². The van der Waals surface area contributed by atoms with E-state index in [4.69, 9.17) is 0 Å². The van der Waals surface area contributed by atoms with Crippen molar-refractivity contribution < 1.29 is 8.42 Å². The smallest absolute Gasteiger partial charge is 0.214 e. The maximum atomic E-state index is 12.7. The van der Waals surface area contributed by atoms with Crippen molar-refractivity contribution in [2.75, 3.05) is 18.8 Å². The second-order valence-corrected chi connectivity index (χ2v) is 8.89. The van der Waals surface area contributed by atoms with Gasteiger partial charge in [0.25, 0.3) is 0 Å². The zero-order valence-corrected chi connectivity index (χ0v) is 15.8. The molecule has 1 atom stereocenters. The summed E-state index contributed by atoms with van der Waals surface area (Å²) in [5, 5.41) is 8.47. The fourth-order valence-electron chi connectivity index (χ4n) is 3.40. The molecule has 6 nitrogen and oxygen atoms in total. The van der Waals surface area contributed by atoms with Gasteiger partial charge < -0.3 is 0 Å². The van der Waals surface area contributed by atoms with Crippen LogP contribution in [0.1, 0.15) is 18.0 Å². The lowest BCUT2D eigenvalue weighted by Crippen LogP contribution is -2.32. The number of aromatic nitrogens is 3. The van der Waals surface area contributed by atoms with Gasteiger partial charge in [-0.15, -0.1) is 5.10 Å². The molecule has 0 aliphatic carbocycles. The number of aryl methyl sites for hydroxylation is 1. The molecule has 4 rings (SSSR count). The normalized spacial score (nSPS) is 18.0. The molecule has 0 bridgehead atoms. The average molecular weight is 382 g/mol. The van der Waals surface area contributed by atoms with E-state index in [-0.39, 0.29) is 11.8 Å². The maximum Gasteiger partial charge on any atom is 0.214 e. The van der Waals surface area contributed by atoms with Gasteiger partial charge in [0.1, 0.15) is 5.69 Å². The molecule has 1 fully saturated rings. The van der Waals surface area contributed by atoms with Crippen LogP contribution < -0.4 is 0 Å². The fourth-order valence-corrected chi connectivity index (χ4v) is 4.93. The van der Waals surface area contributed by atoms with Gasteiger partial charge in [-0.1, -0.05) is 65.9 Å². The topological polar surface area (TPSA) is 68.1 Å². The molecule has 0 N–H and O–H groups in total. The fraction of sp³-hybridized carbons (Fsp3) is 0.300. The van der Waals surface area contributed by atoms with Crippen LogP contribution in [0.25, 0.3) is 11.3 Å². The highest BCUT2D eigenvalue weighted by molar-refractivity contribution is 7.89. The quantitative estimate of drug-likeness (QED) is 0.657. The van der Waals surface area contributed by atoms with Crippen LogP contribution in [-0.2, 0) is 16.4 Å². The molecule has 2 aromatic carbocycles. The Kier molecular flexibility index (Phi) is 5.05. The van der Waals surface area contributed by atoms with E-state index in [9.17, 15) is 8.42 Å². The summed E-state index contributed by atoms with van der Waals surface area (Å²) in [6, 6.07) is 19.6. The first kappa shape index (κ1) is 17.9. The van der Waals surface area contributed by atoms with Crippen molar-refractivity contribution in [2.45, 2.75) is 18.9 Å². The third-order valence-electron chi connectivity index (χ3n) is 4.96. The molecule has 0 spiro atoms. The monoisotopic (exact) mass is 382 g/mol. The molecule has 0 saturated carbocycles. The molecule has 1 aliphatic heterocycles. The summed E-state index contributed by atoms with van der Waals surface area (Å²) in [6.45, 7) is 0.983. The van der Waals surface area contributed by atoms with Gasteiger partial charge in [0, 0.05) is 18.7 Å². The van der Waals surface area contributed by atoms with Crippen molar-refractivity contribution in [1.82, 2.24) is 19.3 Å². The van der Waals surface area contributed by atoms with Gasteiger partial charge in [0.05, 0.1) is 18.0 Å². The van der Waals surface area contributed by atoms with Crippen LogP contribution in [0.5, 0.6) is 0 Å². The second-order valence-electron chi connectivity index (χ2n) is 6.80. The number of rotatable bonds is 6. The van der Waals surface area contributed by atoms with Gasteiger partial charge in [0.2, 0.25) is 10.0 Å². The van der Waals surface area contributed by atoms with E-state index in [0.717, 1.165) is 23.2 Å². The highest BCUT2D eigenvalue weighted by Gasteiger charge is 2.32. The second kappa shape index (κ2) is 7.62. The van der Waals surface area contributed by atoms with Gasteiger partial charge >= 0.3 is 0 Å². The van der Waals surface area contributed by atoms with E-state index in [2.05, 4.69) is 10.3 Å². The van der Waals surface area contributed by atoms with Gasteiger partial charge in [-0.05, 0) is 18.4 Å². The number of hydrogen-bond donors (Lipinski definition) is 0. The van der Waals surface area contributed by atoms with Gasteiger partial charge in [-0.2, -0.15) is 4.31 Å². The Labute approximate surface area is 159 Å². The van der Waals surface area contributed by atoms with Crippen LogP contribution in [0.4, 0.5) is 0 Å². The first-order valence-corrected chi connectivity index (χ1v) is 10.7. The lowest BCUT2D eigenvalue weighted by Gasteiger charge is -2.16. The number of sulfonamides is 1. The van der Waals surface area contributed by atoms with Crippen molar-refractivity contribution in [3.63, 3.8) is 0 Å². The Morgan fingerprint density at radius 3 is 2.44 bits per heavy atom. The zero-order chi connectivity index (χ0) is 18.7. The largest absolute Gasteiger partial charge is 0.247 e. The molecule has 140 valence electrons. The summed E-state index contributed by atoms with van der Waals surface area (Å²) in [7, 11) is -3.27. The predicted octanol–water partition coefficient (Wildman–Crippen LogP) is 2.76. The summed E-state index contributed by atoms with van der Waals surface area (Å²) in [4.78, 5) is 0. The van der Waals surface area contributed by atoms with Crippen LogP contribution in [0, 0.1) is 0 Å². The molecule has 1 aliphatic rings. The summed E-state index contributed by atoms with van der Waals surface area (Å²) in [5.41, 5.74) is 2.86. The summed E-state index contributed by atoms with van der Waals surface area (Å²) < 4.78 is 28.8. The average Bonchev–Trinajstić information content (AvgIpc) is 3.38. The predicted molar refractivity (Wildman–Crippen MR) is 105 cm³/mol. The molecule has 27 heavy (non-hydrogen) atoms. The van der Waals surface area contributed by atoms with Crippen LogP contribution in [0.3, 0.4) is 0 Å². The van der Waals surface area contributed by atoms with Gasteiger partial charge in [-0.3, -0.25) is 0 Å². The molecular weight excluding hydrogens is 360 g/mol. The standard InChI is InChI=1S/C20H22N4O2S/c25-27(26,14-12-17-7-3-1-4-8-17)23-13-11-19(15-23)24-16-20(21-22-24)18-9-5-2-6-10-18/h1-10,16,19H,11-15H2/t19-/m1/s1. The molecule has 0 radical (unpaired) electrons. The maximum absolute atomic E-state index is 12.7. The highest BCUT2D eigenvalue weighted by Crippen LogP contribution is 2.25. The van der Waals surface area contributed by atoms with Crippen LogP contribution in [0.2, 0.25) is 0 Å². The first-order chi connectivity index (χ1) is 13.1. The Bertz CT molecular complexity index is 987. The van der Waals surface area contributed by atoms with E-state index in [1.165, 1.54) is 0 Å². The number of benzene rings is 2. The SMILES string of the molecule is O=S(=O)(CCc1ccccc1)N1CC[C@@H](n2cc(-c3ccccc3)nn2)C1. The van der Waals surface area contributed by atoms with Crippen LogP contribution >= 0.6 is 0 Å². The van der Waals surface area contributed by atoms with E-state index in [0.29, 0.717) is 19.5 Å². The van der Waals surface area contributed by atoms with E-state index in [1.54, 1.807) is 8.99 Å². The number of nitrogens with zero attached hydrogens (tertiary/aromatic N) is 4. The minimum absolute atomic E-state index is 0.0291. The van der Waals surface area contributed by atoms with E-state index >= 15 is 0 Å². The third kappa shape index (κ3) is 4.09. The Balaban J connectivity index is 1.40. The van der Waals surface area contributed by atoms with Crippen molar-refractivity contribution in [3.05, 3.63) is 72.4 Å². The first-order valence-electron chi connectivity index (χ1n) is 9.11. The van der Waals surface area contributed by atoms with Crippen molar-refractivity contribution in [1.29, 1.82) is 0 Å². The zero-order valence-electron chi connectivity index (χ0n) is 15.0. The highest BCUT2D eigenvalue weighted by atomic mass is 32.2. The Hall–Kier alpha value is -2.51. The Morgan fingerprint density at radius 1 is 1.00 bits per heavy atom. The number of hydrogen-bond acceptors (Lipinski definition) is 4. The molecule has 0 amide bonds. The molecule has 7 heteroatoms. The van der Waals surface area contributed by atoms with Crippen LogP contribution in [-0.4, -0.2) is 46.6 Å². The lowest BCUT2D eigenvalue weighted by atomic mass is 10.2. The van der Waals surface area contributed by atoms with Crippen LogP contribution in [0.15, 0.2) is 66.9 Å². The van der Waals surface area contributed by atoms with Crippen molar-refractivity contribution in [2.24, 2.45) is 0 Å². The van der Waals surface area contributed by atoms with E-state index < -0.39 is 10.0 Å². The minimum Gasteiger partial charge on any atom is -0.247 e. The molecular formula is C20H22N4O2S. The van der Waals surface area contributed by atoms with Gasteiger partial charge in [-0.25, -0.2) is 13.1 Å². The molecule has 1 saturated heterocycles. The minimum atomic E-state index is -3.27. The molecule has 1 aromatic heterocycles. The molecule has 3 aromatic rings. The molecule has 0 unspecified atom stereocenters.